The Morgan fingerprint density at radius 3 is 2.15 bits per heavy atom. The second kappa shape index (κ2) is 14.8. The summed E-state index contributed by atoms with van der Waals surface area (Å²) in [6.45, 7) is 5.55. The maximum atomic E-state index is 14.0. The van der Waals surface area contributed by atoms with Crippen LogP contribution in [0.5, 0.6) is 0 Å². The molecule has 0 bridgehead atoms. The zero-order valence-electron chi connectivity index (χ0n) is 21.6. The molecule has 10 nitrogen and oxygen atoms in total. The lowest BCUT2D eigenvalue weighted by Gasteiger charge is -2.36. The third-order valence-electron chi connectivity index (χ3n) is 5.79. The van der Waals surface area contributed by atoms with Gasteiger partial charge in [-0.25, -0.2) is 14.0 Å². The number of hydrogen-bond acceptors (Lipinski definition) is 6. The first kappa shape index (κ1) is 32.0. The van der Waals surface area contributed by atoms with Gasteiger partial charge in [-0.3, -0.25) is 14.5 Å². The molecule has 4 N–H and O–H groups in total. The van der Waals surface area contributed by atoms with Crippen molar-refractivity contribution in [2.45, 2.75) is 25.9 Å². The number of carbonyl (C=O) groups is 4. The van der Waals surface area contributed by atoms with E-state index in [0.29, 0.717) is 50.6 Å². The van der Waals surface area contributed by atoms with E-state index in [1.807, 2.05) is 4.90 Å². The molecule has 0 atom stereocenters. The predicted octanol–water partition coefficient (Wildman–Crippen LogP) is 3.45. The van der Waals surface area contributed by atoms with E-state index in [1.165, 1.54) is 30.3 Å². The number of carbonyl (C=O) groups excluding carboxylic acids is 2. The summed E-state index contributed by atoms with van der Waals surface area (Å²) in [4.78, 5) is 49.2. The van der Waals surface area contributed by atoms with Gasteiger partial charge in [0.1, 0.15) is 5.82 Å². The van der Waals surface area contributed by atoms with Gasteiger partial charge < -0.3 is 25.7 Å². The molecule has 0 radical (unpaired) electrons. The predicted molar refractivity (Wildman–Crippen MR) is 138 cm³/mol. The van der Waals surface area contributed by atoms with Gasteiger partial charge in [0, 0.05) is 32.7 Å². The highest BCUT2D eigenvalue weighted by Crippen LogP contribution is 2.29. The number of piperazine rings is 1. The van der Waals surface area contributed by atoms with Crippen LogP contribution in [0.2, 0.25) is 0 Å². The van der Waals surface area contributed by atoms with Gasteiger partial charge in [-0.05, 0) is 36.8 Å². The molecular formula is C26H30F4N4O6. The second-order valence-corrected chi connectivity index (χ2v) is 8.74. The Morgan fingerprint density at radius 2 is 1.60 bits per heavy atom. The minimum absolute atomic E-state index is 0.000510. The van der Waals surface area contributed by atoms with Crippen molar-refractivity contribution in [3.8, 4) is 0 Å². The number of nitrogens with one attached hydrogen (secondary N) is 2. The smallest absolute Gasteiger partial charge is 0.478 e. The number of benzene rings is 2. The van der Waals surface area contributed by atoms with Crippen LogP contribution in [0.25, 0.3) is 0 Å². The highest BCUT2D eigenvalue weighted by Gasteiger charge is 2.38. The lowest BCUT2D eigenvalue weighted by Crippen LogP contribution is -2.49. The molecule has 1 heterocycles. The van der Waals surface area contributed by atoms with E-state index in [0.717, 1.165) is 12.8 Å². The first-order chi connectivity index (χ1) is 18.8. The van der Waals surface area contributed by atoms with Crippen LogP contribution in [0.1, 0.15) is 40.5 Å². The van der Waals surface area contributed by atoms with Gasteiger partial charge in [0.05, 0.1) is 29.0 Å². The molecule has 40 heavy (non-hydrogen) atoms. The van der Waals surface area contributed by atoms with Crippen LogP contribution in [0.3, 0.4) is 0 Å². The van der Waals surface area contributed by atoms with Crippen LogP contribution in [-0.2, 0) is 9.59 Å². The van der Waals surface area contributed by atoms with Crippen molar-refractivity contribution >= 4 is 35.1 Å². The zero-order chi connectivity index (χ0) is 29.9. The lowest BCUT2D eigenvalue weighted by atomic mass is 10.1. The Hall–Kier alpha value is -4.20. The topological polar surface area (TPSA) is 139 Å². The maximum absolute atomic E-state index is 14.0. The summed E-state index contributed by atoms with van der Waals surface area (Å²) in [5, 5.41) is 22.1. The van der Waals surface area contributed by atoms with Gasteiger partial charge in [-0.1, -0.05) is 25.5 Å². The number of unbranched alkanes of at least 4 members (excludes halogenated alkanes) is 1. The minimum atomic E-state index is -5.08. The molecule has 1 fully saturated rings. The quantitative estimate of drug-likeness (QED) is 0.266. The van der Waals surface area contributed by atoms with E-state index in [-0.39, 0.29) is 17.0 Å². The van der Waals surface area contributed by atoms with E-state index in [9.17, 15) is 37.1 Å². The molecule has 0 unspecified atom stereocenters. The first-order valence-electron chi connectivity index (χ1n) is 12.3. The Balaban J connectivity index is 0.000000708. The summed E-state index contributed by atoms with van der Waals surface area (Å²) >= 11 is 0. The van der Waals surface area contributed by atoms with Gasteiger partial charge >= 0.3 is 18.1 Å². The van der Waals surface area contributed by atoms with Crippen molar-refractivity contribution in [1.29, 1.82) is 0 Å². The van der Waals surface area contributed by atoms with Crippen LogP contribution in [-0.4, -0.2) is 84.3 Å². The fourth-order valence-electron chi connectivity index (χ4n) is 3.69. The van der Waals surface area contributed by atoms with Crippen molar-refractivity contribution in [1.82, 2.24) is 10.2 Å². The molecular weight excluding hydrogens is 540 g/mol. The Kier molecular flexibility index (Phi) is 11.9. The van der Waals surface area contributed by atoms with Crippen molar-refractivity contribution in [2.75, 3.05) is 49.5 Å². The molecule has 218 valence electrons. The summed E-state index contributed by atoms with van der Waals surface area (Å²) in [6, 6.07) is 10.1. The fourth-order valence-corrected chi connectivity index (χ4v) is 3.69. The number of aliphatic carboxylic acids is 1. The average molecular weight is 571 g/mol. The van der Waals surface area contributed by atoms with Gasteiger partial charge in [0.2, 0.25) is 5.91 Å². The molecule has 0 saturated carbocycles. The molecule has 0 spiro atoms. The molecule has 1 aliphatic rings. The van der Waals surface area contributed by atoms with Crippen molar-refractivity contribution < 1.29 is 47.0 Å². The number of halogens is 4. The molecule has 2 amide bonds. The molecule has 3 rings (SSSR count). The molecule has 2 aromatic rings. The Labute approximate surface area is 227 Å². The average Bonchev–Trinajstić information content (AvgIpc) is 2.89. The van der Waals surface area contributed by atoms with E-state index < -0.39 is 29.8 Å². The molecule has 1 aliphatic heterocycles. The highest BCUT2D eigenvalue weighted by molar-refractivity contribution is 6.07. The maximum Gasteiger partial charge on any atom is 0.490 e. The minimum Gasteiger partial charge on any atom is -0.478 e. The molecule has 2 aromatic carbocycles. The number of hydrogen-bond donors (Lipinski definition) is 4. The van der Waals surface area contributed by atoms with Gasteiger partial charge in [0.15, 0.2) is 0 Å². The standard InChI is InChI=1S/C24H29FN4O4.C2HF3O2/c1-2-3-10-26-22(30)16-28-11-13-29(14-12-28)21-9-8-17(24(32)33)15-20(21)27-23(31)18-6-4-5-7-19(18)25;3-2(4,5)1(6)7/h4-9,15H,2-3,10-14,16H2,1H3,(H,26,30)(H,27,31)(H,32,33);(H,6,7). The van der Waals surface area contributed by atoms with Crippen LogP contribution >= 0.6 is 0 Å². The van der Waals surface area contributed by atoms with Crippen LogP contribution in [0, 0.1) is 5.82 Å². The van der Waals surface area contributed by atoms with E-state index in [4.69, 9.17) is 9.90 Å². The number of rotatable bonds is 9. The molecule has 0 aliphatic carbocycles. The number of carboxylic acid groups (broad SMARTS) is 2. The SMILES string of the molecule is CCCCNC(=O)CN1CCN(c2ccc(C(=O)O)cc2NC(=O)c2ccccc2F)CC1.O=C(O)C(F)(F)F. The van der Waals surface area contributed by atoms with Crippen LogP contribution in [0.4, 0.5) is 28.9 Å². The number of anilines is 2. The molecule has 0 aromatic heterocycles. The number of aromatic carboxylic acids is 1. The van der Waals surface area contributed by atoms with Gasteiger partial charge in [-0.15, -0.1) is 0 Å². The number of amides is 2. The van der Waals surface area contributed by atoms with Crippen LogP contribution in [0.15, 0.2) is 42.5 Å². The van der Waals surface area contributed by atoms with Crippen molar-refractivity contribution in [2.24, 2.45) is 0 Å². The highest BCUT2D eigenvalue weighted by atomic mass is 19.4. The number of carboxylic acids is 2. The lowest BCUT2D eigenvalue weighted by molar-refractivity contribution is -0.192. The van der Waals surface area contributed by atoms with Crippen LogP contribution < -0.4 is 15.5 Å². The monoisotopic (exact) mass is 570 g/mol. The largest absolute Gasteiger partial charge is 0.490 e. The summed E-state index contributed by atoms with van der Waals surface area (Å²) < 4.78 is 45.8. The molecule has 1 saturated heterocycles. The summed E-state index contributed by atoms with van der Waals surface area (Å²) in [6.07, 6.45) is -3.11. The normalized spacial score (nSPS) is 13.6. The summed E-state index contributed by atoms with van der Waals surface area (Å²) in [5.41, 5.74) is 0.846. The summed E-state index contributed by atoms with van der Waals surface area (Å²) in [5.74, 6) is -5.19. The van der Waals surface area contributed by atoms with Crippen molar-refractivity contribution in [3.63, 3.8) is 0 Å². The zero-order valence-corrected chi connectivity index (χ0v) is 21.6. The second-order valence-electron chi connectivity index (χ2n) is 8.74. The van der Waals surface area contributed by atoms with E-state index >= 15 is 0 Å². The summed E-state index contributed by atoms with van der Waals surface area (Å²) in [7, 11) is 0. The third-order valence-corrected chi connectivity index (χ3v) is 5.79. The Morgan fingerprint density at radius 1 is 0.975 bits per heavy atom. The van der Waals surface area contributed by atoms with E-state index in [2.05, 4.69) is 22.5 Å². The van der Waals surface area contributed by atoms with Crippen molar-refractivity contribution in [3.05, 3.63) is 59.4 Å². The van der Waals surface area contributed by atoms with Gasteiger partial charge in [-0.2, -0.15) is 13.2 Å². The van der Waals surface area contributed by atoms with E-state index in [1.54, 1.807) is 12.1 Å². The first-order valence-corrected chi connectivity index (χ1v) is 12.3. The number of alkyl halides is 3. The Bertz CT molecular complexity index is 1200. The third kappa shape index (κ3) is 9.84. The van der Waals surface area contributed by atoms with Gasteiger partial charge in [0.25, 0.3) is 5.91 Å². The fraction of sp³-hybridized carbons (Fsp3) is 0.385. The molecule has 14 heteroatoms. The number of nitrogens with zero attached hydrogens (tertiary/aromatic N) is 2.